The van der Waals surface area contributed by atoms with E-state index in [-0.39, 0.29) is 5.71 Å². The number of ether oxygens (including phenoxy) is 2. The second-order valence-corrected chi connectivity index (χ2v) is 4.24. The number of esters is 1. The molecule has 2 N–H and O–H groups in total. The summed E-state index contributed by atoms with van der Waals surface area (Å²) in [5.41, 5.74) is 1.76. The number of nitrogens with one attached hydrogen (secondary N) is 2. The summed E-state index contributed by atoms with van der Waals surface area (Å²) < 4.78 is 10.1. The normalized spacial score (nSPS) is 25.2. The lowest BCUT2D eigenvalue weighted by atomic mass is 9.97. The Bertz CT molecular complexity index is 319. The lowest BCUT2D eigenvalue weighted by Gasteiger charge is -2.29. The van der Waals surface area contributed by atoms with E-state index in [0.717, 1.165) is 0 Å². The fourth-order valence-corrected chi connectivity index (χ4v) is 0.886. The molecular weight excluding hydrogens is 198 g/mol. The van der Waals surface area contributed by atoms with E-state index in [0.29, 0.717) is 0 Å². The predicted molar refractivity (Wildman–Crippen MR) is 54.6 cm³/mol. The number of hydrogen-bond acceptors (Lipinski definition) is 6. The first-order valence-electron chi connectivity index (χ1n) is 4.50. The molecule has 1 unspecified atom stereocenters. The zero-order valence-corrected chi connectivity index (χ0v) is 9.25. The molecule has 6 nitrogen and oxygen atoms in total. The van der Waals surface area contributed by atoms with Gasteiger partial charge < -0.3 is 9.47 Å². The van der Waals surface area contributed by atoms with Gasteiger partial charge in [-0.05, 0) is 20.8 Å². The third-order valence-electron chi connectivity index (χ3n) is 1.90. The van der Waals surface area contributed by atoms with Gasteiger partial charge in [0.15, 0.2) is 0 Å². The second-order valence-electron chi connectivity index (χ2n) is 4.24. The van der Waals surface area contributed by atoms with Gasteiger partial charge in [0.1, 0.15) is 5.71 Å². The number of nitrogens with zero attached hydrogens (tertiary/aromatic N) is 1. The summed E-state index contributed by atoms with van der Waals surface area (Å²) in [5.74, 6) is -2.03. The van der Waals surface area contributed by atoms with Crippen molar-refractivity contribution in [1.82, 2.24) is 5.43 Å². The Labute approximate surface area is 88.1 Å². The summed E-state index contributed by atoms with van der Waals surface area (Å²) >= 11 is 0. The molecule has 0 amide bonds. The van der Waals surface area contributed by atoms with Crippen LogP contribution in [-0.2, 0) is 14.3 Å². The minimum Gasteiger partial charge on any atom is -0.407 e. The van der Waals surface area contributed by atoms with Crippen LogP contribution in [0.3, 0.4) is 0 Å². The molecule has 84 valence electrons. The molecule has 15 heavy (non-hydrogen) atoms. The van der Waals surface area contributed by atoms with Crippen LogP contribution in [0.15, 0.2) is 5.10 Å². The highest BCUT2D eigenvalue weighted by Crippen LogP contribution is 2.22. The van der Waals surface area contributed by atoms with E-state index in [1.165, 1.54) is 13.3 Å². The number of carbonyl (C=O) groups excluding carboxylic acids is 1. The van der Waals surface area contributed by atoms with Crippen molar-refractivity contribution in [2.75, 3.05) is 7.11 Å². The van der Waals surface area contributed by atoms with Crippen LogP contribution in [0, 0.1) is 10.8 Å². The number of hydrazone groups is 1. The van der Waals surface area contributed by atoms with Gasteiger partial charge in [-0.25, -0.2) is 5.43 Å². The van der Waals surface area contributed by atoms with E-state index in [2.05, 4.69) is 10.5 Å². The van der Waals surface area contributed by atoms with E-state index in [4.69, 9.17) is 14.9 Å². The predicted octanol–water partition coefficient (Wildman–Crippen LogP) is 0.485. The molecular formula is C9H15N3O3. The molecule has 1 aliphatic heterocycles. The van der Waals surface area contributed by atoms with Crippen LogP contribution in [0.2, 0.25) is 0 Å². The monoisotopic (exact) mass is 213 g/mol. The Kier molecular flexibility index (Phi) is 2.81. The third-order valence-corrected chi connectivity index (χ3v) is 1.90. The van der Waals surface area contributed by atoms with Gasteiger partial charge in [0, 0.05) is 7.11 Å². The summed E-state index contributed by atoms with van der Waals surface area (Å²) in [6, 6.07) is 0. The summed E-state index contributed by atoms with van der Waals surface area (Å²) in [6.45, 7) is 5.16. The van der Waals surface area contributed by atoms with E-state index in [1.54, 1.807) is 20.8 Å². The van der Waals surface area contributed by atoms with Crippen LogP contribution in [0.1, 0.15) is 20.8 Å². The Hall–Kier alpha value is -1.43. The zero-order chi connectivity index (χ0) is 11.7. The summed E-state index contributed by atoms with van der Waals surface area (Å²) in [6.07, 6.45) is 1.24. The summed E-state index contributed by atoms with van der Waals surface area (Å²) in [5, 5.41) is 11.2. The van der Waals surface area contributed by atoms with Crippen molar-refractivity contribution in [2.45, 2.75) is 26.7 Å². The Morgan fingerprint density at radius 2 is 2.20 bits per heavy atom. The molecule has 1 heterocycles. The summed E-state index contributed by atoms with van der Waals surface area (Å²) in [7, 11) is 1.34. The van der Waals surface area contributed by atoms with Gasteiger partial charge >= 0.3 is 11.9 Å². The number of hydrogen-bond donors (Lipinski definition) is 2. The first-order valence-corrected chi connectivity index (χ1v) is 4.50. The molecule has 0 spiro atoms. The fourth-order valence-electron chi connectivity index (χ4n) is 0.886. The maximum Gasteiger partial charge on any atom is 0.356 e. The average molecular weight is 213 g/mol. The smallest absolute Gasteiger partial charge is 0.356 e. The van der Waals surface area contributed by atoms with Crippen molar-refractivity contribution >= 4 is 17.9 Å². The molecule has 0 aliphatic carbocycles. The minimum absolute atomic E-state index is 0.0393. The van der Waals surface area contributed by atoms with Crippen molar-refractivity contribution in [2.24, 2.45) is 10.5 Å². The van der Waals surface area contributed by atoms with E-state index >= 15 is 0 Å². The van der Waals surface area contributed by atoms with Gasteiger partial charge in [-0.3, -0.25) is 10.2 Å². The van der Waals surface area contributed by atoms with Crippen LogP contribution in [-0.4, -0.2) is 30.9 Å². The lowest BCUT2D eigenvalue weighted by Crippen LogP contribution is -2.52. The molecule has 0 saturated heterocycles. The largest absolute Gasteiger partial charge is 0.407 e. The fraction of sp³-hybridized carbons (Fsp3) is 0.667. The van der Waals surface area contributed by atoms with Crippen molar-refractivity contribution in [1.29, 1.82) is 5.41 Å². The van der Waals surface area contributed by atoms with E-state index in [9.17, 15) is 4.79 Å². The molecule has 0 saturated carbocycles. The molecule has 1 aliphatic rings. The summed E-state index contributed by atoms with van der Waals surface area (Å²) in [4.78, 5) is 11.6. The Balaban J connectivity index is 2.79. The van der Waals surface area contributed by atoms with Gasteiger partial charge in [0.05, 0.1) is 11.6 Å². The van der Waals surface area contributed by atoms with Gasteiger partial charge in [0.25, 0.3) is 0 Å². The van der Waals surface area contributed by atoms with Crippen LogP contribution in [0.5, 0.6) is 0 Å². The van der Waals surface area contributed by atoms with Gasteiger partial charge in [0.2, 0.25) is 0 Å². The maximum absolute atomic E-state index is 11.6. The van der Waals surface area contributed by atoms with Crippen LogP contribution in [0.4, 0.5) is 0 Å². The molecule has 1 rings (SSSR count). The Morgan fingerprint density at radius 3 is 2.53 bits per heavy atom. The molecule has 0 aromatic heterocycles. The van der Waals surface area contributed by atoms with Crippen molar-refractivity contribution in [3.63, 3.8) is 0 Å². The quantitative estimate of drug-likeness (QED) is 0.516. The van der Waals surface area contributed by atoms with Gasteiger partial charge in [-0.15, -0.1) is 0 Å². The first kappa shape index (κ1) is 11.6. The lowest BCUT2D eigenvalue weighted by molar-refractivity contribution is -0.209. The van der Waals surface area contributed by atoms with Crippen LogP contribution in [0.25, 0.3) is 0 Å². The number of rotatable bonds is 2. The van der Waals surface area contributed by atoms with E-state index in [1.807, 2.05) is 0 Å². The van der Waals surface area contributed by atoms with Crippen molar-refractivity contribution in [3.8, 4) is 0 Å². The Morgan fingerprint density at radius 1 is 1.60 bits per heavy atom. The average Bonchev–Trinajstić information content (AvgIpc) is 2.47. The van der Waals surface area contributed by atoms with Crippen LogP contribution < -0.4 is 5.43 Å². The van der Waals surface area contributed by atoms with Gasteiger partial charge in [-0.2, -0.15) is 5.10 Å². The molecule has 1 atom stereocenters. The maximum atomic E-state index is 11.6. The zero-order valence-electron chi connectivity index (χ0n) is 9.25. The second kappa shape index (κ2) is 3.62. The highest BCUT2D eigenvalue weighted by Gasteiger charge is 2.44. The molecule has 0 bridgehead atoms. The topological polar surface area (TPSA) is 83.8 Å². The van der Waals surface area contributed by atoms with Crippen molar-refractivity contribution < 1.29 is 14.3 Å². The van der Waals surface area contributed by atoms with Crippen molar-refractivity contribution in [3.05, 3.63) is 0 Å². The highest BCUT2D eigenvalue weighted by molar-refractivity contribution is 6.33. The number of carbonyl (C=O) groups is 1. The molecule has 0 fully saturated rings. The van der Waals surface area contributed by atoms with Gasteiger partial charge in [-0.1, -0.05) is 0 Å². The molecule has 0 aromatic rings. The molecule has 0 aromatic carbocycles. The first-order chi connectivity index (χ1) is 6.82. The number of methoxy groups -OCH3 is 1. The highest BCUT2D eigenvalue weighted by atomic mass is 16.7. The van der Waals surface area contributed by atoms with E-state index < -0.39 is 17.3 Å². The minimum atomic E-state index is -1.57. The molecule has 6 heteroatoms. The SMILES string of the molecule is COC1(OC(=O)C(C)(C)C)NN=CC1=N. The standard InChI is InChI=1S/C9H15N3O3/c1-8(2,3)7(13)15-9(14-4)6(10)5-11-12-9/h5,10,12H,1-4H3. The molecule has 0 radical (unpaired) electrons. The third kappa shape index (κ3) is 2.15. The van der Waals surface area contributed by atoms with Crippen LogP contribution >= 0.6 is 0 Å².